The van der Waals surface area contributed by atoms with Crippen molar-refractivity contribution in [1.82, 2.24) is 4.98 Å². The van der Waals surface area contributed by atoms with Crippen LogP contribution in [-0.2, 0) is 26.7 Å². The van der Waals surface area contributed by atoms with Gasteiger partial charge >= 0.3 is 0 Å². The largest absolute Gasteiger partial charge is 0.369 e. The van der Waals surface area contributed by atoms with Crippen molar-refractivity contribution in [3.63, 3.8) is 0 Å². The zero-order valence-corrected chi connectivity index (χ0v) is 21.7. The molecule has 6 N–H and O–H groups in total. The van der Waals surface area contributed by atoms with E-state index >= 15 is 0 Å². The monoisotopic (exact) mass is 559 g/mol. The van der Waals surface area contributed by atoms with Crippen molar-refractivity contribution in [2.75, 3.05) is 12.5 Å². The molecule has 1 atom stereocenters. The van der Waals surface area contributed by atoms with Crippen LogP contribution in [0.4, 0.5) is 0 Å². The van der Waals surface area contributed by atoms with Crippen LogP contribution in [0.1, 0.15) is 34.7 Å². The number of aryl methyl sites for hydroxylation is 1. The first-order chi connectivity index (χ1) is 15.0. The Morgan fingerprint density at radius 2 is 1.70 bits per heavy atom. The maximum atomic E-state index is 9.19. The van der Waals surface area contributed by atoms with Gasteiger partial charge in [0, 0.05) is 11.8 Å². The summed E-state index contributed by atoms with van der Waals surface area (Å²) >= 11 is 13.8. The van der Waals surface area contributed by atoms with Gasteiger partial charge in [-0.05, 0) is 48.9 Å². The van der Waals surface area contributed by atoms with Crippen LogP contribution in [-0.4, -0.2) is 55.1 Å². The molecule has 0 saturated carbocycles. The molecule has 0 aromatic carbocycles. The highest BCUT2D eigenvalue weighted by Crippen LogP contribution is 2.41. The first-order valence-electron chi connectivity index (χ1n) is 8.85. The van der Waals surface area contributed by atoms with E-state index in [1.807, 2.05) is 19.1 Å². The first kappa shape index (κ1) is 29.2. The molecule has 0 radical (unpaired) electrons. The van der Waals surface area contributed by atoms with Crippen molar-refractivity contribution >= 4 is 66.4 Å². The molecule has 2 aromatic heterocycles. The van der Waals surface area contributed by atoms with Crippen molar-refractivity contribution in [2.24, 2.45) is 21.7 Å². The average molecular weight is 561 g/mol. The lowest BCUT2D eigenvalue weighted by atomic mass is 9.81. The standard InChI is InChI=1S/C15H15Cl2N5S.2CH4O3S/c1-7-2-3-20-10-4-8(9-6-12(16)23-14(9)17)5-11(13(7)10)21-22-15(18)19;2*1-5(2,3)4/h2-3,6,8H,4-5H2,1H3,(H4,18,19,22);2*1H3,(H,2,3,4)/b21-11+;;/t8-;;/m1../s1. The second-order valence-corrected chi connectivity index (χ2v) is 12.1. The lowest BCUT2D eigenvalue weighted by molar-refractivity contribution is 0.488. The Bertz CT molecular complexity index is 1210. The molecule has 0 saturated heterocycles. The second-order valence-electron chi connectivity index (χ2n) is 6.87. The summed E-state index contributed by atoms with van der Waals surface area (Å²) in [5.41, 5.74) is 15.8. The van der Waals surface area contributed by atoms with E-state index in [-0.39, 0.29) is 11.9 Å². The van der Waals surface area contributed by atoms with Gasteiger partial charge in [-0.25, -0.2) is 0 Å². The molecule has 0 aliphatic heterocycles. The number of rotatable bonds is 2. The number of aromatic nitrogens is 1. The summed E-state index contributed by atoms with van der Waals surface area (Å²) in [5.74, 6) is 0.0836. The molecule has 0 unspecified atom stereocenters. The van der Waals surface area contributed by atoms with E-state index in [0.717, 1.165) is 34.5 Å². The van der Waals surface area contributed by atoms with Crippen LogP contribution in [0.15, 0.2) is 28.5 Å². The van der Waals surface area contributed by atoms with Crippen LogP contribution in [0.5, 0.6) is 0 Å². The van der Waals surface area contributed by atoms with E-state index in [4.69, 9.17) is 43.8 Å². The third-order valence-corrected chi connectivity index (χ3v) is 5.33. The fourth-order valence-electron chi connectivity index (χ4n) is 2.86. The van der Waals surface area contributed by atoms with Gasteiger partial charge in [-0.1, -0.05) is 23.2 Å². The number of thiophene rings is 1. The summed E-state index contributed by atoms with van der Waals surface area (Å²) in [4.78, 5) is 4.51. The van der Waals surface area contributed by atoms with Gasteiger partial charge < -0.3 is 11.5 Å². The summed E-state index contributed by atoms with van der Waals surface area (Å²) < 4.78 is 53.1. The van der Waals surface area contributed by atoms with Crippen LogP contribution in [0.25, 0.3) is 0 Å². The first-order valence-corrected chi connectivity index (χ1v) is 14.1. The van der Waals surface area contributed by atoms with Crippen LogP contribution >= 0.6 is 34.5 Å². The molecule has 0 amide bonds. The van der Waals surface area contributed by atoms with Gasteiger partial charge in [-0.15, -0.1) is 16.4 Å². The lowest BCUT2D eigenvalue weighted by Gasteiger charge is -2.25. The highest BCUT2D eigenvalue weighted by Gasteiger charge is 2.29. The number of pyridine rings is 1. The normalized spacial score (nSPS) is 16.6. The number of hydrogen-bond acceptors (Lipinski definition) is 8. The Labute approximate surface area is 206 Å². The van der Waals surface area contributed by atoms with E-state index < -0.39 is 20.2 Å². The molecule has 3 rings (SSSR count). The molecule has 33 heavy (non-hydrogen) atoms. The third kappa shape index (κ3) is 11.7. The van der Waals surface area contributed by atoms with Gasteiger partial charge in [0.15, 0.2) is 0 Å². The summed E-state index contributed by atoms with van der Waals surface area (Å²) in [7, 11) is -7.33. The highest BCUT2D eigenvalue weighted by atomic mass is 35.5. The van der Waals surface area contributed by atoms with E-state index in [1.54, 1.807) is 6.20 Å². The van der Waals surface area contributed by atoms with Crippen LogP contribution in [0.2, 0.25) is 8.67 Å². The van der Waals surface area contributed by atoms with Gasteiger partial charge in [0.05, 0.1) is 32.6 Å². The SMILES string of the molecule is CS(=O)(=O)O.CS(=O)(=O)O.Cc1ccnc2c1/C(=N/N=C(N)N)C[C@H](c1cc(Cl)sc1Cl)C2. The minimum Gasteiger partial charge on any atom is -0.369 e. The molecule has 16 heteroatoms. The molecule has 11 nitrogen and oxygen atoms in total. The maximum Gasteiger partial charge on any atom is 0.261 e. The van der Waals surface area contributed by atoms with Gasteiger partial charge in [-0.3, -0.25) is 14.1 Å². The Morgan fingerprint density at radius 3 is 2.15 bits per heavy atom. The smallest absolute Gasteiger partial charge is 0.261 e. The minimum absolute atomic E-state index is 0.0701. The summed E-state index contributed by atoms with van der Waals surface area (Å²) in [6.45, 7) is 2.03. The molecular formula is C17H23Cl2N5O6S3. The third-order valence-electron chi connectivity index (χ3n) is 3.81. The quantitative estimate of drug-likeness (QED) is 0.184. The fourth-order valence-corrected chi connectivity index (χ4v) is 4.49. The summed E-state index contributed by atoms with van der Waals surface area (Å²) in [5, 5.41) is 8.06. The Hall–Kier alpha value is -1.81. The van der Waals surface area contributed by atoms with Gasteiger partial charge in [0.1, 0.15) is 0 Å². The van der Waals surface area contributed by atoms with Crippen LogP contribution in [0, 0.1) is 6.92 Å². The van der Waals surface area contributed by atoms with Gasteiger partial charge in [0.25, 0.3) is 20.2 Å². The Kier molecular flexibility index (Phi) is 10.7. The number of guanidine groups is 1. The molecule has 2 heterocycles. The topological polar surface area (TPSA) is 198 Å². The lowest BCUT2D eigenvalue weighted by Crippen LogP contribution is -2.24. The highest BCUT2D eigenvalue weighted by molar-refractivity contribution is 7.85. The van der Waals surface area contributed by atoms with E-state index in [1.165, 1.54) is 11.3 Å². The Morgan fingerprint density at radius 1 is 1.15 bits per heavy atom. The van der Waals surface area contributed by atoms with E-state index in [0.29, 0.717) is 27.6 Å². The number of halogens is 2. The fraction of sp³-hybridized carbons (Fsp3) is 0.353. The number of hydrogen-bond donors (Lipinski definition) is 4. The predicted molar refractivity (Wildman–Crippen MR) is 132 cm³/mol. The minimum atomic E-state index is -3.67. The predicted octanol–water partition coefficient (Wildman–Crippen LogP) is 2.47. The van der Waals surface area contributed by atoms with E-state index in [2.05, 4.69) is 15.2 Å². The van der Waals surface area contributed by atoms with E-state index in [9.17, 15) is 16.8 Å². The van der Waals surface area contributed by atoms with Crippen LogP contribution in [0.3, 0.4) is 0 Å². The molecule has 184 valence electrons. The number of nitrogens with two attached hydrogens (primary N) is 2. The zero-order valence-electron chi connectivity index (χ0n) is 17.7. The van der Waals surface area contributed by atoms with Gasteiger partial charge in [-0.2, -0.15) is 21.9 Å². The van der Waals surface area contributed by atoms with Crippen molar-refractivity contribution in [3.8, 4) is 0 Å². The van der Waals surface area contributed by atoms with Crippen molar-refractivity contribution < 1.29 is 25.9 Å². The average Bonchev–Trinajstić information content (AvgIpc) is 2.95. The molecule has 0 spiro atoms. The summed E-state index contributed by atoms with van der Waals surface area (Å²) in [6.07, 6.45) is 4.70. The van der Waals surface area contributed by atoms with Crippen molar-refractivity contribution in [2.45, 2.75) is 25.7 Å². The molecule has 1 aliphatic carbocycles. The second kappa shape index (κ2) is 12.1. The van der Waals surface area contributed by atoms with Crippen molar-refractivity contribution in [1.29, 1.82) is 0 Å². The molecular weight excluding hydrogens is 537 g/mol. The van der Waals surface area contributed by atoms with Gasteiger partial charge in [0.2, 0.25) is 5.96 Å². The molecule has 1 aliphatic rings. The number of fused-ring (bicyclic) bond motifs is 1. The summed E-state index contributed by atoms with van der Waals surface area (Å²) in [6, 6.07) is 3.87. The molecule has 0 fully saturated rings. The maximum absolute atomic E-state index is 9.19. The molecule has 0 bridgehead atoms. The molecule has 2 aromatic rings. The zero-order chi connectivity index (χ0) is 25.6. The Balaban J connectivity index is 0.000000460. The number of nitrogens with zero attached hydrogens (tertiary/aromatic N) is 3. The van der Waals surface area contributed by atoms with Crippen LogP contribution < -0.4 is 11.5 Å². The van der Waals surface area contributed by atoms with Crippen molar-refractivity contribution in [3.05, 3.63) is 49.4 Å².